The lowest BCUT2D eigenvalue weighted by Gasteiger charge is -2.54. The molecule has 0 radical (unpaired) electrons. The molecular formula is C22H24N2O4. The van der Waals surface area contributed by atoms with Gasteiger partial charge in [-0.25, -0.2) is 0 Å². The summed E-state index contributed by atoms with van der Waals surface area (Å²) in [4.78, 5) is 23.8. The lowest BCUT2D eigenvalue weighted by molar-refractivity contribution is -0.108. The lowest BCUT2D eigenvalue weighted by atomic mass is 9.57. The monoisotopic (exact) mass is 380 g/mol. The number of rotatable bonds is 5. The molecule has 0 spiro atoms. The maximum Gasteiger partial charge on any atom is 0.251 e. The molecule has 3 unspecified atom stereocenters. The normalized spacial score (nSPS) is 24.7. The van der Waals surface area contributed by atoms with Gasteiger partial charge in [0.05, 0.1) is 6.10 Å². The number of nitrogens with one attached hydrogen (secondary N) is 1. The molecule has 146 valence electrons. The quantitative estimate of drug-likeness (QED) is 0.834. The van der Waals surface area contributed by atoms with Crippen molar-refractivity contribution in [3.8, 4) is 11.5 Å². The van der Waals surface area contributed by atoms with Crippen molar-refractivity contribution in [1.29, 1.82) is 0 Å². The van der Waals surface area contributed by atoms with Gasteiger partial charge in [0, 0.05) is 35.1 Å². The molecule has 2 amide bonds. The standard InChI is InChI=1S/C22H24N2O4/c1-22(2)18(17-11-12-27-19(17)22)24-21(26)14-5-9-16(10-6-14)28-15-7-3-13(4-8-15)20(23)25/h3-10,17-19H,11-12H2,1-2H3,(H2,23,25)(H,24,26). The second-order valence-electron chi connectivity index (χ2n) is 8.03. The van der Waals surface area contributed by atoms with Crippen LogP contribution in [-0.4, -0.2) is 30.6 Å². The smallest absolute Gasteiger partial charge is 0.251 e. The number of nitrogens with two attached hydrogens (primary N) is 1. The number of ether oxygens (including phenoxy) is 2. The number of hydrogen-bond acceptors (Lipinski definition) is 4. The first-order valence-corrected chi connectivity index (χ1v) is 9.46. The molecule has 2 aliphatic rings. The molecule has 6 heteroatoms. The van der Waals surface area contributed by atoms with E-state index >= 15 is 0 Å². The highest BCUT2D eigenvalue weighted by atomic mass is 16.5. The zero-order valence-corrected chi connectivity index (χ0v) is 16.0. The minimum atomic E-state index is -0.480. The summed E-state index contributed by atoms with van der Waals surface area (Å²) in [5.41, 5.74) is 6.20. The van der Waals surface area contributed by atoms with E-state index in [1.165, 1.54) is 0 Å². The third-order valence-electron chi connectivity index (χ3n) is 5.88. The molecule has 6 nitrogen and oxygen atoms in total. The number of fused-ring (bicyclic) bond motifs is 1. The Hall–Kier alpha value is -2.86. The predicted molar refractivity (Wildman–Crippen MR) is 104 cm³/mol. The molecule has 2 aromatic rings. The van der Waals surface area contributed by atoms with Crippen molar-refractivity contribution in [2.24, 2.45) is 17.1 Å². The number of carbonyl (C=O) groups excluding carboxylic acids is 2. The van der Waals surface area contributed by atoms with Crippen LogP contribution in [0.25, 0.3) is 0 Å². The van der Waals surface area contributed by atoms with Crippen LogP contribution in [0.2, 0.25) is 0 Å². The maximum atomic E-state index is 12.7. The van der Waals surface area contributed by atoms with Crippen LogP contribution in [0, 0.1) is 11.3 Å². The summed E-state index contributed by atoms with van der Waals surface area (Å²) in [5, 5.41) is 3.18. The second-order valence-corrected chi connectivity index (χ2v) is 8.03. The Balaban J connectivity index is 1.39. The van der Waals surface area contributed by atoms with Gasteiger partial charge >= 0.3 is 0 Å². The van der Waals surface area contributed by atoms with Crippen molar-refractivity contribution in [3.05, 3.63) is 59.7 Å². The third-order valence-corrected chi connectivity index (χ3v) is 5.88. The Kier molecular flexibility index (Phi) is 4.59. The van der Waals surface area contributed by atoms with Crippen LogP contribution >= 0.6 is 0 Å². The zero-order chi connectivity index (χ0) is 19.9. The van der Waals surface area contributed by atoms with E-state index in [1.807, 2.05) is 0 Å². The fourth-order valence-electron chi connectivity index (χ4n) is 4.34. The van der Waals surface area contributed by atoms with Crippen LogP contribution in [0.15, 0.2) is 48.5 Å². The van der Waals surface area contributed by atoms with Crippen molar-refractivity contribution < 1.29 is 19.1 Å². The summed E-state index contributed by atoms with van der Waals surface area (Å²) in [7, 11) is 0. The Bertz CT molecular complexity index is 890. The molecule has 1 heterocycles. The predicted octanol–water partition coefficient (Wildman–Crippen LogP) is 3.12. The average Bonchev–Trinajstić information content (AvgIpc) is 3.14. The Morgan fingerprint density at radius 2 is 1.61 bits per heavy atom. The first-order valence-electron chi connectivity index (χ1n) is 9.46. The summed E-state index contributed by atoms with van der Waals surface area (Å²) in [6.45, 7) is 5.06. The maximum absolute atomic E-state index is 12.7. The SMILES string of the molecule is CC1(C)C(NC(=O)c2ccc(Oc3ccc(C(N)=O)cc3)cc2)C2CCOC21. The molecule has 4 rings (SSSR count). The lowest BCUT2D eigenvalue weighted by Crippen LogP contribution is -2.66. The van der Waals surface area contributed by atoms with Gasteiger partial charge < -0.3 is 20.5 Å². The average molecular weight is 380 g/mol. The van der Waals surface area contributed by atoms with Gasteiger partial charge in [0.1, 0.15) is 11.5 Å². The summed E-state index contributed by atoms with van der Waals surface area (Å²) in [6, 6.07) is 13.7. The summed E-state index contributed by atoms with van der Waals surface area (Å²) in [5.74, 6) is 1.04. The van der Waals surface area contributed by atoms with Crippen molar-refractivity contribution in [1.82, 2.24) is 5.32 Å². The molecule has 2 fully saturated rings. The van der Waals surface area contributed by atoms with Gasteiger partial charge in [0.25, 0.3) is 5.91 Å². The van der Waals surface area contributed by atoms with Crippen molar-refractivity contribution >= 4 is 11.8 Å². The highest BCUT2D eigenvalue weighted by molar-refractivity contribution is 5.94. The van der Waals surface area contributed by atoms with E-state index in [-0.39, 0.29) is 23.5 Å². The van der Waals surface area contributed by atoms with E-state index in [0.29, 0.717) is 28.5 Å². The number of benzene rings is 2. The van der Waals surface area contributed by atoms with E-state index in [4.69, 9.17) is 15.2 Å². The highest BCUT2D eigenvalue weighted by Gasteiger charge is 2.59. The van der Waals surface area contributed by atoms with Gasteiger partial charge in [-0.15, -0.1) is 0 Å². The molecule has 2 aromatic carbocycles. The minimum absolute atomic E-state index is 0.0447. The molecule has 1 saturated heterocycles. The Morgan fingerprint density at radius 3 is 2.18 bits per heavy atom. The molecular weight excluding hydrogens is 356 g/mol. The fourth-order valence-corrected chi connectivity index (χ4v) is 4.34. The minimum Gasteiger partial charge on any atom is -0.457 e. The number of amides is 2. The van der Waals surface area contributed by atoms with Gasteiger partial charge in [-0.1, -0.05) is 13.8 Å². The molecule has 28 heavy (non-hydrogen) atoms. The van der Waals surface area contributed by atoms with Crippen LogP contribution in [-0.2, 0) is 4.74 Å². The van der Waals surface area contributed by atoms with Gasteiger partial charge in [-0.2, -0.15) is 0 Å². The molecule has 0 bridgehead atoms. The van der Waals surface area contributed by atoms with Gasteiger partial charge in [-0.05, 0) is 55.0 Å². The summed E-state index contributed by atoms with van der Waals surface area (Å²) < 4.78 is 11.5. The van der Waals surface area contributed by atoms with Crippen LogP contribution in [0.3, 0.4) is 0 Å². The van der Waals surface area contributed by atoms with Gasteiger partial charge in [0.15, 0.2) is 0 Å². The Labute approximate surface area is 164 Å². The van der Waals surface area contributed by atoms with Crippen molar-refractivity contribution in [2.45, 2.75) is 32.4 Å². The van der Waals surface area contributed by atoms with Crippen LogP contribution in [0.5, 0.6) is 11.5 Å². The van der Waals surface area contributed by atoms with Crippen LogP contribution in [0.1, 0.15) is 41.0 Å². The second kappa shape index (κ2) is 6.95. The van der Waals surface area contributed by atoms with E-state index in [2.05, 4.69) is 19.2 Å². The first kappa shape index (κ1) is 18.5. The zero-order valence-electron chi connectivity index (χ0n) is 16.0. The van der Waals surface area contributed by atoms with E-state index in [1.54, 1.807) is 48.5 Å². The van der Waals surface area contributed by atoms with Crippen molar-refractivity contribution in [2.75, 3.05) is 6.61 Å². The summed E-state index contributed by atoms with van der Waals surface area (Å²) >= 11 is 0. The third kappa shape index (κ3) is 3.24. The topological polar surface area (TPSA) is 90.6 Å². The van der Waals surface area contributed by atoms with Gasteiger partial charge in [-0.3, -0.25) is 9.59 Å². The molecule has 1 saturated carbocycles. The van der Waals surface area contributed by atoms with E-state index in [9.17, 15) is 9.59 Å². The van der Waals surface area contributed by atoms with Gasteiger partial charge in [0.2, 0.25) is 5.91 Å². The first-order chi connectivity index (χ1) is 13.4. The highest BCUT2D eigenvalue weighted by Crippen LogP contribution is 2.52. The van der Waals surface area contributed by atoms with E-state index < -0.39 is 5.91 Å². The molecule has 3 atom stereocenters. The number of hydrogen-bond donors (Lipinski definition) is 2. The number of primary amides is 1. The van der Waals surface area contributed by atoms with Crippen molar-refractivity contribution in [3.63, 3.8) is 0 Å². The summed E-state index contributed by atoms with van der Waals surface area (Å²) in [6.07, 6.45) is 1.25. The Morgan fingerprint density at radius 1 is 1.04 bits per heavy atom. The number of carbonyl (C=O) groups is 2. The molecule has 1 aliphatic carbocycles. The van der Waals surface area contributed by atoms with Crippen LogP contribution < -0.4 is 15.8 Å². The molecule has 0 aromatic heterocycles. The fraction of sp³-hybridized carbons (Fsp3) is 0.364. The van der Waals surface area contributed by atoms with Crippen LogP contribution in [0.4, 0.5) is 0 Å². The largest absolute Gasteiger partial charge is 0.457 e. The molecule has 3 N–H and O–H groups in total. The molecule has 1 aliphatic heterocycles. The van der Waals surface area contributed by atoms with E-state index in [0.717, 1.165) is 13.0 Å².